The van der Waals surface area contributed by atoms with Crippen LogP contribution < -0.4 is 22.1 Å². The van der Waals surface area contributed by atoms with E-state index < -0.39 is 11.9 Å². The van der Waals surface area contributed by atoms with Gasteiger partial charge in [-0.25, -0.2) is 4.98 Å². The predicted molar refractivity (Wildman–Crippen MR) is 132 cm³/mol. The van der Waals surface area contributed by atoms with Gasteiger partial charge in [0.2, 0.25) is 11.9 Å². The first-order chi connectivity index (χ1) is 16.7. The van der Waals surface area contributed by atoms with E-state index in [4.69, 9.17) is 11.5 Å². The molecule has 3 rings (SSSR count). The zero-order chi connectivity index (χ0) is 25.6. The average Bonchev–Trinajstić information content (AvgIpc) is 2.79. The number of carbonyl (C=O) groups excluding carboxylic acids is 2. The Balaban J connectivity index is 1.68. The minimum Gasteiger partial charge on any atom is -0.404 e. The molecule has 184 valence electrons. The van der Waals surface area contributed by atoms with Gasteiger partial charge in [-0.05, 0) is 11.5 Å². The van der Waals surface area contributed by atoms with E-state index in [1.807, 2.05) is 4.90 Å². The van der Waals surface area contributed by atoms with Crippen LogP contribution in [0.5, 0.6) is 0 Å². The van der Waals surface area contributed by atoms with Crippen molar-refractivity contribution >= 4 is 40.5 Å². The van der Waals surface area contributed by atoms with Gasteiger partial charge in [0.1, 0.15) is 0 Å². The zero-order valence-corrected chi connectivity index (χ0v) is 19.7. The molecule has 0 spiro atoms. The summed E-state index contributed by atoms with van der Waals surface area (Å²) < 4.78 is 14.3. The fourth-order valence-electron chi connectivity index (χ4n) is 3.70. The molecule has 1 saturated heterocycles. The summed E-state index contributed by atoms with van der Waals surface area (Å²) >= 11 is 0. The molecule has 2 aromatic heterocycles. The fraction of sp³-hybridized carbons (Fsp3) is 0.304. The molecule has 12 heteroatoms. The van der Waals surface area contributed by atoms with Crippen molar-refractivity contribution in [2.24, 2.45) is 21.9 Å². The Hall–Kier alpha value is -4.19. The van der Waals surface area contributed by atoms with Crippen LogP contribution in [-0.2, 0) is 9.59 Å². The van der Waals surface area contributed by atoms with Gasteiger partial charge in [0.05, 0.1) is 53.5 Å². The second-order valence-electron chi connectivity index (χ2n) is 8.75. The zero-order valence-electron chi connectivity index (χ0n) is 19.7. The van der Waals surface area contributed by atoms with Gasteiger partial charge in [0, 0.05) is 44.3 Å². The van der Waals surface area contributed by atoms with E-state index in [0.717, 1.165) is 19.3 Å². The number of nitrogens with two attached hydrogens (primary N) is 2. The molecule has 11 nitrogen and oxygen atoms in total. The summed E-state index contributed by atoms with van der Waals surface area (Å²) in [7, 11) is 1.59. The van der Waals surface area contributed by atoms with Crippen molar-refractivity contribution in [3.05, 3.63) is 54.4 Å². The molecule has 0 unspecified atom stereocenters. The van der Waals surface area contributed by atoms with E-state index >= 15 is 0 Å². The molecule has 35 heavy (non-hydrogen) atoms. The molecule has 1 fully saturated rings. The number of amides is 2. The van der Waals surface area contributed by atoms with Gasteiger partial charge in [-0.3, -0.25) is 29.4 Å². The number of likely N-dealkylation sites (tertiary alicyclic amines) is 1. The third-order valence-electron chi connectivity index (χ3n) is 5.12. The Bertz CT molecular complexity index is 1180. The van der Waals surface area contributed by atoms with E-state index in [0.29, 0.717) is 11.3 Å². The van der Waals surface area contributed by atoms with Crippen molar-refractivity contribution in [2.45, 2.75) is 13.8 Å². The molecule has 0 saturated carbocycles. The van der Waals surface area contributed by atoms with Crippen LogP contribution in [0.2, 0.25) is 0 Å². The van der Waals surface area contributed by atoms with Crippen LogP contribution in [0, 0.1) is 11.4 Å². The SMILES string of the molecule is CN=C/C(=C\N)c1cnc(/C(=C\N)C(=O)Nc2cc(NC(=O)CN3CC(C)(C)C3)cnc2F)cn1. The third kappa shape index (κ3) is 6.44. The number of allylic oxidation sites excluding steroid dienone is 1. The Morgan fingerprint density at radius 2 is 1.80 bits per heavy atom. The van der Waals surface area contributed by atoms with Crippen LogP contribution >= 0.6 is 0 Å². The average molecular weight is 482 g/mol. The van der Waals surface area contributed by atoms with Crippen molar-refractivity contribution < 1.29 is 14.0 Å². The lowest BCUT2D eigenvalue weighted by Gasteiger charge is -2.45. The predicted octanol–water partition coefficient (Wildman–Crippen LogP) is 1.23. The summed E-state index contributed by atoms with van der Waals surface area (Å²) in [6, 6.07) is 1.28. The van der Waals surface area contributed by atoms with E-state index in [1.165, 1.54) is 37.1 Å². The maximum absolute atomic E-state index is 14.3. The van der Waals surface area contributed by atoms with Crippen LogP contribution in [-0.4, -0.2) is 64.6 Å². The molecular weight excluding hydrogens is 453 g/mol. The monoisotopic (exact) mass is 481 g/mol. The number of nitrogens with one attached hydrogen (secondary N) is 2. The van der Waals surface area contributed by atoms with Gasteiger partial charge in [0.15, 0.2) is 0 Å². The summed E-state index contributed by atoms with van der Waals surface area (Å²) in [5.74, 6) is -1.91. The smallest absolute Gasteiger partial charge is 0.259 e. The Morgan fingerprint density at radius 3 is 2.37 bits per heavy atom. The quantitative estimate of drug-likeness (QED) is 0.248. The van der Waals surface area contributed by atoms with Gasteiger partial charge in [0.25, 0.3) is 5.91 Å². The molecule has 1 aliphatic heterocycles. The molecule has 2 amide bonds. The normalized spacial score (nSPS) is 16.1. The lowest BCUT2D eigenvalue weighted by Crippen LogP contribution is -2.54. The third-order valence-corrected chi connectivity index (χ3v) is 5.12. The maximum atomic E-state index is 14.3. The van der Waals surface area contributed by atoms with Crippen LogP contribution in [0.1, 0.15) is 25.2 Å². The minimum atomic E-state index is -0.921. The minimum absolute atomic E-state index is 0.0410. The van der Waals surface area contributed by atoms with E-state index in [9.17, 15) is 14.0 Å². The topological polar surface area (TPSA) is 165 Å². The molecule has 1 aliphatic rings. The number of nitrogens with zero attached hydrogens (tertiary/aromatic N) is 5. The number of hydrogen-bond acceptors (Lipinski definition) is 9. The number of pyridine rings is 1. The summed E-state index contributed by atoms with van der Waals surface area (Å²) in [4.78, 5) is 43.0. The molecule has 0 aliphatic carbocycles. The molecule has 6 N–H and O–H groups in total. The van der Waals surface area contributed by atoms with Crippen LogP contribution in [0.25, 0.3) is 11.1 Å². The molecule has 0 radical (unpaired) electrons. The van der Waals surface area contributed by atoms with Gasteiger partial charge in [-0.2, -0.15) is 4.39 Å². The molecule has 3 heterocycles. The highest BCUT2D eigenvalue weighted by molar-refractivity contribution is 6.24. The molecule has 0 aromatic carbocycles. The first-order valence-electron chi connectivity index (χ1n) is 10.7. The summed E-state index contributed by atoms with van der Waals surface area (Å²) in [6.45, 7) is 6.09. The lowest BCUT2D eigenvalue weighted by molar-refractivity contribution is -0.120. The van der Waals surface area contributed by atoms with E-state index in [2.05, 4.69) is 44.4 Å². The largest absolute Gasteiger partial charge is 0.404 e. The van der Waals surface area contributed by atoms with Gasteiger partial charge < -0.3 is 22.1 Å². The second kappa shape index (κ2) is 10.8. The Kier molecular flexibility index (Phi) is 7.87. The van der Waals surface area contributed by atoms with Crippen molar-refractivity contribution in [1.29, 1.82) is 0 Å². The standard InChI is InChI=1S/C23H28FN9O2/c1-23(2)12-33(13-23)11-20(34)31-15-4-17(21(24)30-8-15)32-22(35)16(6-26)19-10-28-18(9-29-19)14(5-25)7-27-3/h4-10H,11-13,25-26H2,1-3H3,(H,31,34)(H,32,35)/b14-5+,16-6+,27-7?. The first kappa shape index (κ1) is 25.4. The number of rotatable bonds is 8. The van der Waals surface area contributed by atoms with Gasteiger partial charge >= 0.3 is 0 Å². The fourth-order valence-corrected chi connectivity index (χ4v) is 3.70. The second-order valence-corrected chi connectivity index (χ2v) is 8.75. The molecular formula is C23H28FN9O2. The number of anilines is 2. The van der Waals surface area contributed by atoms with E-state index in [1.54, 1.807) is 7.05 Å². The Morgan fingerprint density at radius 1 is 1.11 bits per heavy atom. The molecule has 2 aromatic rings. The first-order valence-corrected chi connectivity index (χ1v) is 10.7. The summed E-state index contributed by atoms with van der Waals surface area (Å²) in [5.41, 5.74) is 12.5. The highest BCUT2D eigenvalue weighted by Gasteiger charge is 2.34. The number of halogens is 1. The summed E-state index contributed by atoms with van der Waals surface area (Å²) in [6.07, 6.45) is 7.80. The maximum Gasteiger partial charge on any atom is 0.259 e. The van der Waals surface area contributed by atoms with E-state index in [-0.39, 0.29) is 40.5 Å². The molecule has 0 atom stereocenters. The molecule has 0 bridgehead atoms. The van der Waals surface area contributed by atoms with Crippen LogP contribution in [0.3, 0.4) is 0 Å². The lowest BCUT2D eigenvalue weighted by atomic mass is 9.84. The number of aliphatic imine (C=N–C) groups is 1. The summed E-state index contributed by atoms with van der Waals surface area (Å²) in [5, 5.41) is 5.08. The van der Waals surface area contributed by atoms with Crippen molar-refractivity contribution in [1.82, 2.24) is 19.9 Å². The van der Waals surface area contributed by atoms with Gasteiger partial charge in [-0.15, -0.1) is 0 Å². The Labute approximate surface area is 202 Å². The number of aromatic nitrogens is 3. The number of hydrogen-bond donors (Lipinski definition) is 4. The van der Waals surface area contributed by atoms with Crippen LogP contribution in [0.4, 0.5) is 15.8 Å². The highest BCUT2D eigenvalue weighted by Crippen LogP contribution is 2.28. The van der Waals surface area contributed by atoms with Gasteiger partial charge in [-0.1, -0.05) is 13.8 Å². The van der Waals surface area contributed by atoms with Crippen LogP contribution in [0.15, 0.2) is 42.0 Å². The van der Waals surface area contributed by atoms with Crippen molar-refractivity contribution in [2.75, 3.05) is 37.3 Å². The number of carbonyl (C=O) groups is 2. The highest BCUT2D eigenvalue weighted by atomic mass is 19.1. The van der Waals surface area contributed by atoms with Crippen molar-refractivity contribution in [3.63, 3.8) is 0 Å². The van der Waals surface area contributed by atoms with Crippen molar-refractivity contribution in [3.8, 4) is 0 Å².